The topological polar surface area (TPSA) is 134 Å². The normalized spacial score (nSPS) is 19.2. The Kier molecular flexibility index (Phi) is 7.18. The van der Waals surface area contributed by atoms with Crippen LogP contribution in [0.15, 0.2) is 0 Å². The van der Waals surface area contributed by atoms with Crippen molar-refractivity contribution in [3.63, 3.8) is 0 Å². The van der Waals surface area contributed by atoms with Gasteiger partial charge in [0.15, 0.2) is 13.5 Å². The van der Waals surface area contributed by atoms with Crippen LogP contribution in [0.2, 0.25) is 0 Å². The van der Waals surface area contributed by atoms with Crippen molar-refractivity contribution in [3.8, 4) is 0 Å². The lowest BCUT2D eigenvalue weighted by molar-refractivity contribution is -0.166. The molecule has 0 radical (unpaired) electrons. The molecule has 2 aliphatic rings. The van der Waals surface area contributed by atoms with E-state index in [0.717, 1.165) is 9.80 Å². The molecule has 0 N–H and O–H groups in total. The molecule has 2 fully saturated rings. The molecule has 0 spiro atoms. The van der Waals surface area contributed by atoms with Crippen LogP contribution in [-0.2, 0) is 38.2 Å². The van der Waals surface area contributed by atoms with E-state index in [1.54, 1.807) is 9.80 Å². The van der Waals surface area contributed by atoms with Crippen molar-refractivity contribution in [2.75, 3.05) is 52.7 Å². The van der Waals surface area contributed by atoms with Crippen LogP contribution in [0.1, 0.15) is 13.8 Å². The first-order chi connectivity index (χ1) is 13.2. The van der Waals surface area contributed by atoms with Crippen molar-refractivity contribution in [1.82, 2.24) is 19.6 Å². The lowest BCUT2D eigenvalue weighted by Gasteiger charge is -2.35. The maximum atomic E-state index is 12.1. The third-order valence-corrected chi connectivity index (χ3v) is 4.17. The van der Waals surface area contributed by atoms with E-state index in [-0.39, 0.29) is 26.2 Å². The van der Waals surface area contributed by atoms with Crippen LogP contribution in [0.4, 0.5) is 0 Å². The first kappa shape index (κ1) is 21.4. The van der Waals surface area contributed by atoms with Crippen LogP contribution in [0, 0.1) is 0 Å². The Labute approximate surface area is 160 Å². The van der Waals surface area contributed by atoms with Gasteiger partial charge in [0.2, 0.25) is 23.6 Å². The summed E-state index contributed by atoms with van der Waals surface area (Å²) in [5.41, 5.74) is 0. The summed E-state index contributed by atoms with van der Waals surface area (Å²) in [7, 11) is 0. The minimum Gasteiger partial charge on any atom is -0.444 e. The molecule has 0 aliphatic carbocycles. The van der Waals surface area contributed by atoms with E-state index < -0.39 is 49.0 Å². The summed E-state index contributed by atoms with van der Waals surface area (Å²) in [6.07, 6.45) is 0. The highest BCUT2D eigenvalue weighted by atomic mass is 16.5. The van der Waals surface area contributed by atoms with Gasteiger partial charge in [0.05, 0.1) is 26.2 Å². The minimum absolute atomic E-state index is 0.0404. The van der Waals surface area contributed by atoms with Crippen LogP contribution >= 0.6 is 0 Å². The molecule has 4 amide bonds. The smallest absolute Gasteiger partial charge is 0.304 e. The zero-order chi connectivity index (χ0) is 20.8. The van der Waals surface area contributed by atoms with E-state index in [9.17, 15) is 28.8 Å². The molecule has 0 saturated carbocycles. The molecular formula is C16H22N4O8. The van der Waals surface area contributed by atoms with Gasteiger partial charge >= 0.3 is 11.9 Å². The Balaban J connectivity index is 1.80. The number of hydrogen-bond acceptors (Lipinski definition) is 10. The standard InChI is InChI=1S/C16H22N4O8/c1-11(21)27-9-19-13(23)5-17(6-14(19)24)3-4-18-7-15(25)20(16(26)8-18)10-28-12(2)22/h3-10H2,1-2H3. The summed E-state index contributed by atoms with van der Waals surface area (Å²) < 4.78 is 9.38. The maximum absolute atomic E-state index is 12.1. The van der Waals surface area contributed by atoms with Gasteiger partial charge in [-0.2, -0.15) is 0 Å². The number of hydrogen-bond donors (Lipinski definition) is 0. The summed E-state index contributed by atoms with van der Waals surface area (Å²) in [4.78, 5) is 74.8. The van der Waals surface area contributed by atoms with Gasteiger partial charge in [0.25, 0.3) is 0 Å². The Morgan fingerprint density at radius 3 is 1.21 bits per heavy atom. The van der Waals surface area contributed by atoms with Gasteiger partial charge in [-0.25, -0.2) is 9.80 Å². The molecule has 28 heavy (non-hydrogen) atoms. The average Bonchev–Trinajstić information content (AvgIpc) is 2.58. The molecule has 12 nitrogen and oxygen atoms in total. The maximum Gasteiger partial charge on any atom is 0.304 e. The number of imide groups is 2. The van der Waals surface area contributed by atoms with Crippen molar-refractivity contribution in [1.29, 1.82) is 0 Å². The minimum atomic E-state index is -0.592. The van der Waals surface area contributed by atoms with E-state index in [1.165, 1.54) is 13.8 Å². The van der Waals surface area contributed by atoms with E-state index in [4.69, 9.17) is 0 Å². The molecule has 2 saturated heterocycles. The van der Waals surface area contributed by atoms with E-state index in [0.29, 0.717) is 13.1 Å². The van der Waals surface area contributed by atoms with Crippen LogP contribution in [-0.4, -0.2) is 108 Å². The molecule has 12 heteroatoms. The molecule has 0 unspecified atom stereocenters. The molecular weight excluding hydrogens is 376 g/mol. The van der Waals surface area contributed by atoms with Crippen molar-refractivity contribution in [3.05, 3.63) is 0 Å². The molecule has 0 aromatic carbocycles. The number of carbonyl (C=O) groups is 6. The predicted octanol–water partition coefficient (Wildman–Crippen LogP) is -2.63. The Morgan fingerprint density at radius 1 is 0.679 bits per heavy atom. The first-order valence-corrected chi connectivity index (χ1v) is 8.55. The molecule has 0 bridgehead atoms. The number of carbonyl (C=O) groups excluding carboxylic acids is 6. The molecule has 2 heterocycles. The van der Waals surface area contributed by atoms with Crippen LogP contribution in [0.5, 0.6) is 0 Å². The van der Waals surface area contributed by atoms with Crippen LogP contribution in [0.3, 0.4) is 0 Å². The second-order valence-corrected chi connectivity index (χ2v) is 6.38. The van der Waals surface area contributed by atoms with E-state index in [2.05, 4.69) is 9.47 Å². The van der Waals surface area contributed by atoms with Gasteiger partial charge in [-0.1, -0.05) is 0 Å². The third-order valence-electron chi connectivity index (χ3n) is 4.17. The summed E-state index contributed by atoms with van der Waals surface area (Å²) in [6, 6.07) is 0. The van der Waals surface area contributed by atoms with E-state index >= 15 is 0 Å². The fourth-order valence-electron chi connectivity index (χ4n) is 2.69. The quantitative estimate of drug-likeness (QED) is 0.331. The fraction of sp³-hybridized carbons (Fsp3) is 0.625. The molecule has 0 atom stereocenters. The van der Waals surface area contributed by atoms with Crippen LogP contribution in [0.25, 0.3) is 0 Å². The summed E-state index contributed by atoms with van der Waals surface area (Å²) in [5.74, 6) is -3.14. The Morgan fingerprint density at radius 2 is 0.964 bits per heavy atom. The van der Waals surface area contributed by atoms with Crippen LogP contribution < -0.4 is 0 Å². The second kappa shape index (κ2) is 9.37. The van der Waals surface area contributed by atoms with E-state index in [1.807, 2.05) is 0 Å². The highest BCUT2D eigenvalue weighted by molar-refractivity contribution is 6.00. The van der Waals surface area contributed by atoms with Gasteiger partial charge in [0.1, 0.15) is 0 Å². The summed E-state index contributed by atoms with van der Waals surface area (Å²) >= 11 is 0. The number of nitrogens with zero attached hydrogens (tertiary/aromatic N) is 4. The summed E-state index contributed by atoms with van der Waals surface area (Å²) in [5, 5.41) is 0. The highest BCUT2D eigenvalue weighted by Crippen LogP contribution is 2.08. The third kappa shape index (κ3) is 5.82. The van der Waals surface area contributed by atoms with Gasteiger partial charge in [-0.3, -0.25) is 38.6 Å². The fourth-order valence-corrected chi connectivity index (χ4v) is 2.69. The molecule has 154 valence electrons. The highest BCUT2D eigenvalue weighted by Gasteiger charge is 2.34. The monoisotopic (exact) mass is 398 g/mol. The average molecular weight is 398 g/mol. The number of ether oxygens (including phenoxy) is 2. The van der Waals surface area contributed by atoms with Gasteiger partial charge in [0, 0.05) is 26.9 Å². The number of amides is 4. The number of piperazine rings is 2. The predicted molar refractivity (Wildman–Crippen MR) is 89.9 cm³/mol. The lowest BCUT2D eigenvalue weighted by Crippen LogP contribution is -2.58. The van der Waals surface area contributed by atoms with Crippen molar-refractivity contribution < 1.29 is 38.2 Å². The number of esters is 2. The van der Waals surface area contributed by atoms with Gasteiger partial charge in [-0.15, -0.1) is 0 Å². The lowest BCUT2D eigenvalue weighted by atomic mass is 10.2. The largest absolute Gasteiger partial charge is 0.444 e. The zero-order valence-corrected chi connectivity index (χ0v) is 15.7. The number of rotatable bonds is 7. The molecule has 2 aliphatic heterocycles. The SMILES string of the molecule is CC(=O)OCN1C(=O)CN(CCN2CC(=O)N(COC(C)=O)C(=O)C2)CC1=O. The molecule has 2 rings (SSSR count). The van der Waals surface area contributed by atoms with Gasteiger partial charge in [-0.05, 0) is 0 Å². The first-order valence-electron chi connectivity index (χ1n) is 8.55. The molecule has 0 aromatic rings. The Bertz CT molecular complexity index is 600. The molecule has 0 aromatic heterocycles. The zero-order valence-electron chi connectivity index (χ0n) is 15.7. The van der Waals surface area contributed by atoms with Gasteiger partial charge < -0.3 is 9.47 Å². The van der Waals surface area contributed by atoms with Crippen molar-refractivity contribution in [2.45, 2.75) is 13.8 Å². The second-order valence-electron chi connectivity index (χ2n) is 6.38. The van der Waals surface area contributed by atoms with Crippen molar-refractivity contribution >= 4 is 35.6 Å². The summed E-state index contributed by atoms with van der Waals surface area (Å²) in [6.45, 7) is 1.97. The van der Waals surface area contributed by atoms with Crippen molar-refractivity contribution in [2.24, 2.45) is 0 Å². The Hall–Kier alpha value is -2.86.